The Morgan fingerprint density at radius 3 is 2.37 bits per heavy atom. The summed E-state index contributed by atoms with van der Waals surface area (Å²) in [6, 6.07) is 10.6. The molecular weight excluding hydrogens is 402 g/mol. The molecule has 2 aromatic rings. The average molecular weight is 428 g/mol. The number of carbonyl (C=O) groups is 4. The van der Waals surface area contributed by atoms with Gasteiger partial charge >= 0.3 is 6.03 Å². The minimum atomic E-state index is -0.879. The molecule has 4 amide bonds. The van der Waals surface area contributed by atoms with Crippen molar-refractivity contribution in [3.63, 3.8) is 0 Å². The number of hydrogen-bond acceptors (Lipinski definition) is 5. The zero-order valence-corrected chi connectivity index (χ0v) is 17.9. The van der Waals surface area contributed by atoms with E-state index in [1.807, 2.05) is 35.7 Å². The van der Waals surface area contributed by atoms with E-state index in [0.29, 0.717) is 25.8 Å². The molecule has 30 heavy (non-hydrogen) atoms. The summed E-state index contributed by atoms with van der Waals surface area (Å²) in [5.41, 5.74) is 0.869. The third-order valence-corrected chi connectivity index (χ3v) is 5.81. The summed E-state index contributed by atoms with van der Waals surface area (Å²) in [7, 11) is 0. The van der Waals surface area contributed by atoms with Crippen molar-refractivity contribution in [3.8, 4) is 0 Å². The molecule has 3 rings (SSSR count). The highest BCUT2D eigenvalue weighted by molar-refractivity contribution is 7.12. The molecule has 0 spiro atoms. The van der Waals surface area contributed by atoms with Crippen molar-refractivity contribution in [2.75, 3.05) is 0 Å². The number of ketones is 1. The van der Waals surface area contributed by atoms with Crippen LogP contribution in [0.1, 0.15) is 53.9 Å². The molecule has 1 fully saturated rings. The molecule has 8 heteroatoms. The van der Waals surface area contributed by atoms with Crippen LogP contribution in [-0.2, 0) is 22.7 Å². The molecule has 2 heterocycles. The molecule has 1 aliphatic rings. The van der Waals surface area contributed by atoms with Crippen LogP contribution in [0.5, 0.6) is 0 Å². The number of Topliss-reactive ketones (excluding diaryl/α,β-unsaturated/α-hetero) is 1. The van der Waals surface area contributed by atoms with Crippen molar-refractivity contribution in [2.24, 2.45) is 0 Å². The molecule has 0 atom stereocenters. The predicted octanol–water partition coefficient (Wildman–Crippen LogP) is 3.25. The number of carbonyl (C=O) groups excluding carboxylic acids is 4. The van der Waals surface area contributed by atoms with Gasteiger partial charge in [0.2, 0.25) is 5.91 Å². The standard InChI is InChI=1S/C22H25N3O4S/c1-22(2)20(28)25(21(29)24-22)14-16-10-8-15(9-11-16)13-23-19(27)7-3-5-17(26)18-6-4-12-30-18/h4,6,8-12H,3,5,7,13-14H2,1-2H3,(H,23,27)(H,24,29). The topological polar surface area (TPSA) is 95.6 Å². The van der Waals surface area contributed by atoms with Gasteiger partial charge in [-0.15, -0.1) is 11.3 Å². The fourth-order valence-corrected chi connectivity index (χ4v) is 3.86. The third kappa shape index (κ3) is 5.33. The molecule has 1 saturated heterocycles. The van der Waals surface area contributed by atoms with Gasteiger partial charge in [-0.1, -0.05) is 30.3 Å². The summed E-state index contributed by atoms with van der Waals surface area (Å²) in [4.78, 5) is 50.1. The van der Waals surface area contributed by atoms with Crippen molar-refractivity contribution < 1.29 is 19.2 Å². The normalized spacial score (nSPS) is 15.2. The summed E-state index contributed by atoms with van der Waals surface area (Å²) in [6.07, 6.45) is 1.18. The van der Waals surface area contributed by atoms with E-state index in [0.717, 1.165) is 16.0 Å². The average Bonchev–Trinajstić information content (AvgIpc) is 3.30. The van der Waals surface area contributed by atoms with Gasteiger partial charge in [-0.3, -0.25) is 19.3 Å². The van der Waals surface area contributed by atoms with Gasteiger partial charge in [0, 0.05) is 19.4 Å². The van der Waals surface area contributed by atoms with E-state index in [2.05, 4.69) is 10.6 Å². The monoisotopic (exact) mass is 427 g/mol. The first-order valence-electron chi connectivity index (χ1n) is 9.81. The zero-order chi connectivity index (χ0) is 21.7. The van der Waals surface area contributed by atoms with Gasteiger partial charge in [0.05, 0.1) is 11.4 Å². The maximum Gasteiger partial charge on any atom is 0.325 e. The molecule has 158 valence electrons. The molecular formula is C22H25N3O4S. The lowest BCUT2D eigenvalue weighted by atomic mass is 10.1. The van der Waals surface area contributed by atoms with Gasteiger partial charge < -0.3 is 10.6 Å². The molecule has 0 aliphatic carbocycles. The van der Waals surface area contributed by atoms with E-state index >= 15 is 0 Å². The molecule has 0 radical (unpaired) electrons. The Balaban J connectivity index is 1.41. The molecule has 7 nitrogen and oxygen atoms in total. The number of hydrogen-bond donors (Lipinski definition) is 2. The maximum atomic E-state index is 12.3. The predicted molar refractivity (Wildman–Crippen MR) is 114 cm³/mol. The highest BCUT2D eigenvalue weighted by atomic mass is 32.1. The molecule has 1 aromatic heterocycles. The van der Waals surface area contributed by atoms with E-state index in [4.69, 9.17) is 0 Å². The number of nitrogens with one attached hydrogen (secondary N) is 2. The molecule has 1 aliphatic heterocycles. The molecule has 0 unspecified atom stereocenters. The van der Waals surface area contributed by atoms with Crippen LogP contribution in [-0.4, -0.2) is 34.1 Å². The van der Waals surface area contributed by atoms with Crippen molar-refractivity contribution in [1.29, 1.82) is 0 Å². The van der Waals surface area contributed by atoms with Gasteiger partial charge in [0.15, 0.2) is 5.78 Å². The van der Waals surface area contributed by atoms with Crippen molar-refractivity contribution >= 4 is 35.0 Å². The molecule has 0 saturated carbocycles. The van der Waals surface area contributed by atoms with Gasteiger partial charge in [-0.25, -0.2) is 4.79 Å². The highest BCUT2D eigenvalue weighted by Gasteiger charge is 2.43. The molecule has 2 N–H and O–H groups in total. The minimum Gasteiger partial charge on any atom is -0.352 e. The Morgan fingerprint density at radius 1 is 1.07 bits per heavy atom. The minimum absolute atomic E-state index is 0.0712. The van der Waals surface area contributed by atoms with Crippen LogP contribution in [0.4, 0.5) is 4.79 Å². The first-order chi connectivity index (χ1) is 14.3. The van der Waals surface area contributed by atoms with Gasteiger partial charge in [0.1, 0.15) is 5.54 Å². The zero-order valence-electron chi connectivity index (χ0n) is 17.1. The number of rotatable bonds is 9. The van der Waals surface area contributed by atoms with Crippen molar-refractivity contribution in [2.45, 2.75) is 51.7 Å². The maximum absolute atomic E-state index is 12.3. The number of nitrogens with zero attached hydrogens (tertiary/aromatic N) is 1. The Bertz CT molecular complexity index is 936. The van der Waals surface area contributed by atoms with E-state index in [9.17, 15) is 19.2 Å². The van der Waals surface area contributed by atoms with Crippen molar-refractivity contribution in [3.05, 3.63) is 57.8 Å². The number of amides is 4. The summed E-state index contributed by atoms with van der Waals surface area (Å²) in [5, 5.41) is 7.37. The molecule has 1 aromatic carbocycles. The smallest absolute Gasteiger partial charge is 0.325 e. The Labute approximate surface area is 179 Å². The number of imide groups is 1. The van der Waals surface area contributed by atoms with Crippen LogP contribution in [0.2, 0.25) is 0 Å². The summed E-state index contributed by atoms with van der Waals surface area (Å²) in [5.74, 6) is -0.275. The van der Waals surface area contributed by atoms with Crippen LogP contribution >= 0.6 is 11.3 Å². The van der Waals surface area contributed by atoms with E-state index in [-0.39, 0.29) is 30.2 Å². The Hall–Kier alpha value is -3.00. The second-order valence-corrected chi connectivity index (χ2v) is 8.74. The lowest BCUT2D eigenvalue weighted by molar-refractivity contribution is -0.130. The van der Waals surface area contributed by atoms with Crippen LogP contribution < -0.4 is 10.6 Å². The fraction of sp³-hybridized carbons (Fsp3) is 0.364. The second kappa shape index (κ2) is 9.21. The number of benzene rings is 1. The van der Waals surface area contributed by atoms with E-state index in [1.165, 1.54) is 16.2 Å². The van der Waals surface area contributed by atoms with Crippen LogP contribution in [0.25, 0.3) is 0 Å². The summed E-state index contributed by atoms with van der Waals surface area (Å²) >= 11 is 1.41. The van der Waals surface area contributed by atoms with Crippen LogP contribution in [0.15, 0.2) is 41.8 Å². The third-order valence-electron chi connectivity index (χ3n) is 4.90. The van der Waals surface area contributed by atoms with Crippen molar-refractivity contribution in [1.82, 2.24) is 15.5 Å². The Kier molecular flexibility index (Phi) is 6.66. The SMILES string of the molecule is CC1(C)NC(=O)N(Cc2ccc(CNC(=O)CCCC(=O)c3cccs3)cc2)C1=O. The summed E-state index contributed by atoms with van der Waals surface area (Å²) in [6.45, 7) is 3.95. The fourth-order valence-electron chi connectivity index (χ4n) is 3.17. The largest absolute Gasteiger partial charge is 0.352 e. The van der Waals surface area contributed by atoms with Gasteiger partial charge in [0.25, 0.3) is 5.91 Å². The number of urea groups is 1. The van der Waals surface area contributed by atoms with Crippen LogP contribution in [0.3, 0.4) is 0 Å². The first kappa shape index (κ1) is 21.7. The first-order valence-corrected chi connectivity index (χ1v) is 10.7. The lowest BCUT2D eigenvalue weighted by Crippen LogP contribution is -2.40. The second-order valence-electron chi connectivity index (χ2n) is 7.79. The van der Waals surface area contributed by atoms with E-state index in [1.54, 1.807) is 19.9 Å². The van der Waals surface area contributed by atoms with Gasteiger partial charge in [-0.2, -0.15) is 0 Å². The number of thiophene rings is 1. The quantitative estimate of drug-likeness (QED) is 0.474. The Morgan fingerprint density at radius 2 is 1.77 bits per heavy atom. The van der Waals surface area contributed by atoms with Gasteiger partial charge in [-0.05, 0) is 42.8 Å². The summed E-state index contributed by atoms with van der Waals surface area (Å²) < 4.78 is 0. The highest BCUT2D eigenvalue weighted by Crippen LogP contribution is 2.19. The van der Waals surface area contributed by atoms with E-state index < -0.39 is 5.54 Å². The lowest BCUT2D eigenvalue weighted by Gasteiger charge is -2.16. The van der Waals surface area contributed by atoms with Crippen LogP contribution in [0, 0.1) is 0 Å². The molecule has 0 bridgehead atoms.